The van der Waals surface area contributed by atoms with Gasteiger partial charge in [0.2, 0.25) is 5.79 Å². The molecule has 2 atom stereocenters. The summed E-state index contributed by atoms with van der Waals surface area (Å²) in [5.41, 5.74) is 2.04. The number of carbonyl (C=O) groups is 1. The number of ether oxygens (including phenoxy) is 2. The highest BCUT2D eigenvalue weighted by atomic mass is 35.5. The molecule has 2 aliphatic heterocycles. The Bertz CT molecular complexity index is 963. The lowest BCUT2D eigenvalue weighted by Gasteiger charge is -2.42. The van der Waals surface area contributed by atoms with Crippen LogP contribution in [0.2, 0.25) is 5.02 Å². The summed E-state index contributed by atoms with van der Waals surface area (Å²) in [5.74, 6) is -1.25. The van der Waals surface area contributed by atoms with Crippen molar-refractivity contribution in [3.05, 3.63) is 76.1 Å². The molecule has 146 valence electrons. The Hall–Kier alpha value is -2.57. The molecule has 2 aromatic carbocycles. The third kappa shape index (κ3) is 3.34. The van der Waals surface area contributed by atoms with Crippen LogP contribution < -0.4 is 4.74 Å². The first-order valence-corrected chi connectivity index (χ1v) is 9.33. The van der Waals surface area contributed by atoms with Gasteiger partial charge in [0.05, 0.1) is 5.56 Å². The highest BCUT2D eigenvalue weighted by molar-refractivity contribution is 6.30. The Morgan fingerprint density at radius 2 is 2.11 bits per heavy atom. The quantitative estimate of drug-likeness (QED) is 0.708. The zero-order valence-electron chi connectivity index (χ0n) is 15.2. The van der Waals surface area contributed by atoms with E-state index in [0.29, 0.717) is 30.3 Å². The Morgan fingerprint density at radius 1 is 1.32 bits per heavy atom. The van der Waals surface area contributed by atoms with Crippen molar-refractivity contribution in [1.29, 1.82) is 0 Å². The van der Waals surface area contributed by atoms with E-state index in [0.717, 1.165) is 11.1 Å². The van der Waals surface area contributed by atoms with Gasteiger partial charge in [0.15, 0.2) is 0 Å². The maximum absolute atomic E-state index is 14.6. The zero-order chi connectivity index (χ0) is 19.9. The van der Waals surface area contributed by atoms with E-state index < -0.39 is 23.8 Å². The molecule has 0 spiro atoms. The van der Waals surface area contributed by atoms with E-state index >= 15 is 0 Å². The van der Waals surface area contributed by atoms with Gasteiger partial charge in [-0.25, -0.2) is 9.18 Å². The van der Waals surface area contributed by atoms with Gasteiger partial charge in [-0.15, -0.1) is 0 Å². The number of benzene rings is 2. The molecular weight excluding hydrogens is 385 g/mol. The largest absolute Gasteiger partial charge is 0.465 e. The van der Waals surface area contributed by atoms with Crippen molar-refractivity contribution in [3.8, 4) is 5.75 Å². The van der Waals surface area contributed by atoms with Crippen molar-refractivity contribution in [2.75, 3.05) is 13.1 Å². The number of nitrogens with zero attached hydrogens (tertiary/aromatic N) is 1. The third-order valence-corrected chi connectivity index (χ3v) is 5.36. The number of fused-ring (bicyclic) bond motifs is 1. The van der Waals surface area contributed by atoms with Gasteiger partial charge in [0.1, 0.15) is 17.7 Å². The fourth-order valence-electron chi connectivity index (χ4n) is 3.66. The number of carboxylic acid groups (broad SMARTS) is 1. The fraction of sp³-hybridized carbons (Fsp3) is 0.286. The Balaban J connectivity index is 1.74. The monoisotopic (exact) mass is 403 g/mol. The van der Waals surface area contributed by atoms with Crippen LogP contribution in [-0.2, 0) is 10.5 Å². The molecule has 1 unspecified atom stereocenters. The maximum atomic E-state index is 14.6. The molecule has 0 fully saturated rings. The predicted molar refractivity (Wildman–Crippen MR) is 102 cm³/mol. The maximum Gasteiger partial charge on any atom is 0.407 e. The molecule has 2 heterocycles. The van der Waals surface area contributed by atoms with Crippen LogP contribution in [-0.4, -0.2) is 29.2 Å². The second-order valence-corrected chi connectivity index (χ2v) is 7.40. The molecule has 28 heavy (non-hydrogen) atoms. The van der Waals surface area contributed by atoms with Crippen molar-refractivity contribution in [2.45, 2.75) is 25.2 Å². The standard InChI is InChI=1S/C21H19ClFNO4/c1-21(16-7-6-14(22)12-17(16)23)27-18-5-3-2-4-15(18)19(28-21)13-8-10-24(11-9-13)20(25)26/h2-8,12,19H,9-11H2,1H3,(H,25,26)/t19?,21-/m0/s1. The van der Waals surface area contributed by atoms with E-state index in [1.807, 2.05) is 30.3 Å². The van der Waals surface area contributed by atoms with Crippen molar-refractivity contribution >= 4 is 17.7 Å². The summed E-state index contributed by atoms with van der Waals surface area (Å²) < 4.78 is 27.0. The van der Waals surface area contributed by atoms with Crippen LogP contribution >= 0.6 is 11.6 Å². The van der Waals surface area contributed by atoms with Gasteiger partial charge in [-0.1, -0.05) is 35.9 Å². The van der Waals surface area contributed by atoms with Gasteiger partial charge >= 0.3 is 6.09 Å². The zero-order valence-corrected chi connectivity index (χ0v) is 15.9. The summed E-state index contributed by atoms with van der Waals surface area (Å²) in [6.07, 6.45) is 0.991. The average molecular weight is 404 g/mol. The van der Waals surface area contributed by atoms with Gasteiger partial charge < -0.3 is 19.5 Å². The first kappa shape index (κ1) is 18.8. The number of halogens is 2. The summed E-state index contributed by atoms with van der Waals surface area (Å²) in [6.45, 7) is 2.35. The minimum Gasteiger partial charge on any atom is -0.465 e. The molecule has 7 heteroatoms. The smallest absolute Gasteiger partial charge is 0.407 e. The summed E-state index contributed by atoms with van der Waals surface area (Å²) in [7, 11) is 0. The minimum absolute atomic E-state index is 0.250. The van der Waals surface area contributed by atoms with Crippen molar-refractivity contribution in [3.63, 3.8) is 0 Å². The normalized spacial score (nSPS) is 24.2. The van der Waals surface area contributed by atoms with Gasteiger partial charge in [-0.05, 0) is 36.3 Å². The second kappa shape index (κ2) is 7.11. The molecule has 4 rings (SSSR count). The van der Waals surface area contributed by atoms with Crippen LogP contribution in [0.25, 0.3) is 0 Å². The number of rotatable bonds is 2. The average Bonchev–Trinajstić information content (AvgIpc) is 2.67. The lowest BCUT2D eigenvalue weighted by molar-refractivity contribution is -0.220. The third-order valence-electron chi connectivity index (χ3n) is 5.12. The fourth-order valence-corrected chi connectivity index (χ4v) is 3.82. The van der Waals surface area contributed by atoms with E-state index in [2.05, 4.69) is 0 Å². The minimum atomic E-state index is -1.35. The van der Waals surface area contributed by atoms with E-state index in [1.54, 1.807) is 19.1 Å². The molecule has 0 saturated heterocycles. The number of hydrogen-bond acceptors (Lipinski definition) is 3. The topological polar surface area (TPSA) is 59.0 Å². The predicted octanol–water partition coefficient (Wildman–Crippen LogP) is 5.11. The summed E-state index contributed by atoms with van der Waals surface area (Å²) in [4.78, 5) is 12.5. The van der Waals surface area contributed by atoms with Gasteiger partial charge in [-0.3, -0.25) is 0 Å². The number of hydrogen-bond donors (Lipinski definition) is 1. The van der Waals surface area contributed by atoms with Gasteiger partial charge in [0, 0.05) is 30.6 Å². The SMILES string of the molecule is C[C@]1(c2ccc(Cl)cc2F)Oc2ccccc2C(C2=CCN(C(=O)O)CC2)O1. The molecule has 0 bridgehead atoms. The van der Waals surface area contributed by atoms with Crippen LogP contribution in [0.5, 0.6) is 5.75 Å². The Morgan fingerprint density at radius 3 is 2.79 bits per heavy atom. The molecule has 2 aliphatic rings. The Kier molecular flexibility index (Phi) is 4.77. The van der Waals surface area contributed by atoms with Gasteiger partial charge in [0.25, 0.3) is 0 Å². The van der Waals surface area contributed by atoms with Crippen molar-refractivity contribution in [1.82, 2.24) is 4.90 Å². The summed E-state index contributed by atoms with van der Waals surface area (Å²) in [6, 6.07) is 11.8. The van der Waals surface area contributed by atoms with E-state index in [4.69, 9.17) is 21.1 Å². The van der Waals surface area contributed by atoms with Crippen LogP contribution in [0.3, 0.4) is 0 Å². The van der Waals surface area contributed by atoms with Crippen LogP contribution in [0.4, 0.5) is 9.18 Å². The number of para-hydroxylation sites is 1. The molecule has 1 N–H and O–H groups in total. The van der Waals surface area contributed by atoms with Crippen LogP contribution in [0, 0.1) is 5.82 Å². The highest BCUT2D eigenvalue weighted by Crippen LogP contribution is 2.47. The van der Waals surface area contributed by atoms with E-state index in [-0.39, 0.29) is 5.56 Å². The molecule has 1 amide bonds. The van der Waals surface area contributed by atoms with Crippen LogP contribution in [0.1, 0.15) is 30.6 Å². The molecule has 0 radical (unpaired) electrons. The Labute approximate surface area is 166 Å². The van der Waals surface area contributed by atoms with Crippen LogP contribution in [0.15, 0.2) is 54.1 Å². The lowest BCUT2D eigenvalue weighted by Crippen LogP contribution is -2.41. The first-order valence-electron chi connectivity index (χ1n) is 8.95. The molecular formula is C21H19ClFNO4. The highest BCUT2D eigenvalue weighted by Gasteiger charge is 2.43. The molecule has 5 nitrogen and oxygen atoms in total. The summed E-state index contributed by atoms with van der Waals surface area (Å²) >= 11 is 5.89. The van der Waals surface area contributed by atoms with Crippen molar-refractivity contribution in [2.24, 2.45) is 0 Å². The molecule has 0 aromatic heterocycles. The molecule has 0 saturated carbocycles. The molecule has 2 aromatic rings. The number of amides is 1. The lowest BCUT2D eigenvalue weighted by atomic mass is 9.93. The first-order chi connectivity index (χ1) is 13.4. The van der Waals surface area contributed by atoms with Crippen molar-refractivity contribution < 1.29 is 23.8 Å². The molecule has 0 aliphatic carbocycles. The van der Waals surface area contributed by atoms with E-state index in [9.17, 15) is 14.3 Å². The van der Waals surface area contributed by atoms with E-state index in [1.165, 1.54) is 11.0 Å². The van der Waals surface area contributed by atoms with Gasteiger partial charge in [-0.2, -0.15) is 0 Å². The second-order valence-electron chi connectivity index (χ2n) is 6.97. The summed E-state index contributed by atoms with van der Waals surface area (Å²) in [5, 5.41) is 9.46.